The maximum Gasteiger partial charge on any atom is 0.261 e. The van der Waals surface area contributed by atoms with Gasteiger partial charge in [-0.2, -0.15) is 0 Å². The smallest absolute Gasteiger partial charge is 0.261 e. The third-order valence-corrected chi connectivity index (χ3v) is 5.90. The first-order valence-electron chi connectivity index (χ1n) is 8.69. The zero-order chi connectivity index (χ0) is 17.9. The van der Waals surface area contributed by atoms with Gasteiger partial charge in [0.1, 0.15) is 10.3 Å². The van der Waals surface area contributed by atoms with Gasteiger partial charge in [0.2, 0.25) is 0 Å². The Balaban J connectivity index is 1.55. The van der Waals surface area contributed by atoms with Crippen LogP contribution in [0.25, 0.3) is 10.3 Å². The van der Waals surface area contributed by atoms with Gasteiger partial charge in [0.05, 0.1) is 10.6 Å². The van der Waals surface area contributed by atoms with Gasteiger partial charge in [0.25, 0.3) is 5.91 Å². The Kier molecular flexibility index (Phi) is 4.85. The van der Waals surface area contributed by atoms with Crippen LogP contribution in [0.4, 0.5) is 0 Å². The van der Waals surface area contributed by atoms with Crippen LogP contribution in [-0.4, -0.2) is 50.9 Å². The first-order chi connectivity index (χ1) is 12.8. The van der Waals surface area contributed by atoms with Crippen LogP contribution < -0.4 is 5.32 Å². The van der Waals surface area contributed by atoms with Crippen molar-refractivity contribution in [3.8, 4) is 0 Å². The minimum absolute atomic E-state index is 0.0493. The Morgan fingerprint density at radius 1 is 1.19 bits per heavy atom. The van der Waals surface area contributed by atoms with Gasteiger partial charge in [-0.25, -0.2) is 4.98 Å². The van der Waals surface area contributed by atoms with Gasteiger partial charge in [-0.05, 0) is 31.8 Å². The average Bonchev–Trinajstić information content (AvgIpc) is 3.08. The lowest BCUT2D eigenvalue weighted by molar-refractivity contribution is 0.0965. The van der Waals surface area contributed by atoms with Crippen molar-refractivity contribution in [2.45, 2.75) is 25.3 Å². The molecular weight excluding hydrogens is 348 g/mol. The van der Waals surface area contributed by atoms with Crippen molar-refractivity contribution >= 4 is 27.6 Å². The molecule has 1 aliphatic rings. The highest BCUT2D eigenvalue weighted by Crippen LogP contribution is 2.39. The molecule has 7 nitrogen and oxygen atoms in total. The predicted octanol–water partition coefficient (Wildman–Crippen LogP) is 2.22. The number of fused-ring (bicyclic) bond motifs is 1. The van der Waals surface area contributed by atoms with E-state index in [0.717, 1.165) is 59.0 Å². The van der Waals surface area contributed by atoms with Crippen LogP contribution in [0, 0.1) is 0 Å². The molecule has 134 valence electrons. The number of thiophene rings is 1. The molecule has 1 aliphatic heterocycles. The van der Waals surface area contributed by atoms with Crippen molar-refractivity contribution in [1.82, 2.24) is 30.2 Å². The number of amides is 1. The molecule has 0 aromatic carbocycles. The van der Waals surface area contributed by atoms with Crippen LogP contribution in [-0.2, 0) is 6.54 Å². The van der Waals surface area contributed by atoms with E-state index in [-0.39, 0.29) is 5.91 Å². The van der Waals surface area contributed by atoms with Crippen LogP contribution >= 0.6 is 11.3 Å². The average molecular weight is 368 g/mol. The minimum Gasteiger partial charge on any atom is -0.354 e. The van der Waals surface area contributed by atoms with E-state index in [1.165, 1.54) is 11.3 Å². The van der Waals surface area contributed by atoms with E-state index in [2.05, 4.69) is 30.2 Å². The second-order valence-corrected chi connectivity index (χ2v) is 7.38. The summed E-state index contributed by atoms with van der Waals surface area (Å²) in [5.74, 6) is 0.276. The number of hydrogen-bond acceptors (Lipinski definition) is 7. The molecule has 26 heavy (non-hydrogen) atoms. The van der Waals surface area contributed by atoms with Crippen molar-refractivity contribution < 1.29 is 4.79 Å². The molecule has 0 radical (unpaired) electrons. The highest BCUT2D eigenvalue weighted by atomic mass is 32.1. The molecule has 0 aliphatic carbocycles. The van der Waals surface area contributed by atoms with Crippen LogP contribution in [0.3, 0.4) is 0 Å². The quantitative estimate of drug-likeness (QED) is 0.760. The number of carbonyl (C=O) groups is 1. The summed E-state index contributed by atoms with van der Waals surface area (Å²) in [6, 6.07) is 0. The number of rotatable bonds is 4. The van der Waals surface area contributed by atoms with E-state index >= 15 is 0 Å². The number of piperidine rings is 1. The Morgan fingerprint density at radius 3 is 2.69 bits per heavy atom. The summed E-state index contributed by atoms with van der Waals surface area (Å²) in [6.07, 6.45) is 10.6. The van der Waals surface area contributed by atoms with Crippen molar-refractivity contribution in [3.05, 3.63) is 47.1 Å². The molecule has 1 amide bonds. The first-order valence-corrected chi connectivity index (χ1v) is 9.50. The molecule has 4 rings (SSSR count). The lowest BCUT2D eigenvalue weighted by atomic mass is 9.88. The fourth-order valence-corrected chi connectivity index (χ4v) is 4.66. The zero-order valence-corrected chi connectivity index (χ0v) is 15.4. The zero-order valence-electron chi connectivity index (χ0n) is 14.6. The minimum atomic E-state index is -0.0493. The maximum absolute atomic E-state index is 12.4. The second-order valence-electron chi connectivity index (χ2n) is 6.38. The van der Waals surface area contributed by atoms with Crippen LogP contribution in [0.15, 0.2) is 31.0 Å². The molecule has 8 heteroatoms. The van der Waals surface area contributed by atoms with Gasteiger partial charge in [0.15, 0.2) is 0 Å². The van der Waals surface area contributed by atoms with Crippen LogP contribution in [0.5, 0.6) is 0 Å². The topological polar surface area (TPSA) is 83.9 Å². The lowest BCUT2D eigenvalue weighted by Gasteiger charge is -2.31. The Bertz CT molecular complexity index is 904. The number of aromatic nitrogens is 4. The first kappa shape index (κ1) is 17.0. The second kappa shape index (κ2) is 7.43. The SMILES string of the molecule is CNC(=O)c1sc2nccnc2c1C1CCN(Cc2cnccn2)CC1. The number of hydrogen-bond donors (Lipinski definition) is 1. The normalized spacial score (nSPS) is 16.0. The summed E-state index contributed by atoms with van der Waals surface area (Å²) in [4.78, 5) is 33.7. The number of nitrogens with zero attached hydrogens (tertiary/aromatic N) is 5. The fraction of sp³-hybridized carbons (Fsp3) is 0.389. The summed E-state index contributed by atoms with van der Waals surface area (Å²) in [5, 5.41) is 2.75. The molecule has 0 saturated carbocycles. The van der Waals surface area contributed by atoms with E-state index in [1.807, 2.05) is 6.20 Å². The van der Waals surface area contributed by atoms with Gasteiger partial charge in [0, 0.05) is 50.1 Å². The molecule has 1 saturated heterocycles. The Morgan fingerprint density at radius 2 is 1.96 bits per heavy atom. The molecule has 0 atom stereocenters. The summed E-state index contributed by atoms with van der Waals surface area (Å²) in [5.41, 5.74) is 2.93. The van der Waals surface area contributed by atoms with E-state index in [9.17, 15) is 4.79 Å². The van der Waals surface area contributed by atoms with Gasteiger partial charge in [-0.3, -0.25) is 24.6 Å². The largest absolute Gasteiger partial charge is 0.354 e. The standard InChI is InChI=1S/C18H20N6OS/c1-19-17(25)16-14(15-18(26-16)23-7-6-22-15)12-2-8-24(9-3-12)11-13-10-20-4-5-21-13/h4-7,10,12H,2-3,8-9,11H2,1H3,(H,19,25). The van der Waals surface area contributed by atoms with Crippen molar-refractivity contribution in [1.29, 1.82) is 0 Å². The maximum atomic E-state index is 12.4. The van der Waals surface area contributed by atoms with Gasteiger partial charge >= 0.3 is 0 Å². The number of nitrogens with one attached hydrogen (secondary N) is 1. The predicted molar refractivity (Wildman–Crippen MR) is 100 cm³/mol. The summed E-state index contributed by atoms with van der Waals surface area (Å²) in [7, 11) is 1.67. The highest BCUT2D eigenvalue weighted by molar-refractivity contribution is 7.20. The molecule has 3 aromatic rings. The Hall–Kier alpha value is -2.45. The lowest BCUT2D eigenvalue weighted by Crippen LogP contribution is -2.33. The van der Waals surface area contributed by atoms with E-state index in [1.54, 1.807) is 31.8 Å². The third-order valence-electron chi connectivity index (χ3n) is 4.79. The fourth-order valence-electron chi connectivity index (χ4n) is 3.53. The molecule has 1 N–H and O–H groups in total. The highest BCUT2D eigenvalue weighted by Gasteiger charge is 2.29. The Labute approximate surface area is 155 Å². The van der Waals surface area contributed by atoms with E-state index in [4.69, 9.17) is 0 Å². The van der Waals surface area contributed by atoms with Crippen molar-refractivity contribution in [2.75, 3.05) is 20.1 Å². The van der Waals surface area contributed by atoms with Crippen LogP contribution in [0.1, 0.15) is 39.7 Å². The third kappa shape index (κ3) is 3.30. The van der Waals surface area contributed by atoms with E-state index < -0.39 is 0 Å². The molecule has 1 fully saturated rings. The molecule has 0 bridgehead atoms. The molecule has 0 spiro atoms. The summed E-state index contributed by atoms with van der Waals surface area (Å²) in [6.45, 7) is 2.74. The summed E-state index contributed by atoms with van der Waals surface area (Å²) < 4.78 is 0. The van der Waals surface area contributed by atoms with Gasteiger partial charge in [-0.1, -0.05) is 0 Å². The van der Waals surface area contributed by atoms with Crippen molar-refractivity contribution in [2.24, 2.45) is 0 Å². The summed E-state index contributed by atoms with van der Waals surface area (Å²) >= 11 is 1.44. The number of carbonyl (C=O) groups excluding carboxylic acids is 1. The molecule has 3 aromatic heterocycles. The van der Waals surface area contributed by atoms with Crippen molar-refractivity contribution in [3.63, 3.8) is 0 Å². The van der Waals surface area contributed by atoms with E-state index in [0.29, 0.717) is 5.92 Å². The monoisotopic (exact) mass is 368 g/mol. The molecule has 4 heterocycles. The number of likely N-dealkylation sites (tertiary alicyclic amines) is 1. The molecule has 0 unspecified atom stereocenters. The van der Waals surface area contributed by atoms with Crippen LogP contribution in [0.2, 0.25) is 0 Å². The van der Waals surface area contributed by atoms with Gasteiger partial charge in [-0.15, -0.1) is 11.3 Å². The molecular formula is C18H20N6OS. The van der Waals surface area contributed by atoms with Gasteiger partial charge < -0.3 is 5.32 Å².